The second kappa shape index (κ2) is 10.2. The topological polar surface area (TPSA) is 66.8 Å². The number of carbonyl (C=O) groups is 1. The summed E-state index contributed by atoms with van der Waals surface area (Å²) >= 11 is 4.02. The lowest BCUT2D eigenvalue weighted by Gasteiger charge is -2.37. The van der Waals surface area contributed by atoms with Crippen molar-refractivity contribution in [3.8, 4) is 10.6 Å². The Morgan fingerprint density at radius 3 is 2.52 bits per heavy atom. The van der Waals surface area contributed by atoms with Gasteiger partial charge in [0.15, 0.2) is 5.13 Å². The molecule has 6 nitrogen and oxygen atoms in total. The molecule has 0 bridgehead atoms. The first-order valence-electron chi connectivity index (χ1n) is 12.6. The Bertz CT molecular complexity index is 1510. The lowest BCUT2D eigenvalue weighted by Crippen LogP contribution is -2.49. The van der Waals surface area contributed by atoms with Crippen LogP contribution in [0.5, 0.6) is 0 Å². The molecule has 3 aliphatic rings. The number of ether oxygens (including phenoxy) is 1. The minimum Gasteiger partial charge on any atom is -0.373 e. The summed E-state index contributed by atoms with van der Waals surface area (Å²) in [5.41, 5.74) is -1.07. The molecule has 3 aromatic rings. The van der Waals surface area contributed by atoms with E-state index in [1.807, 2.05) is 11.0 Å². The summed E-state index contributed by atoms with van der Waals surface area (Å²) in [6.07, 6.45) is -2.01. The van der Waals surface area contributed by atoms with Gasteiger partial charge in [0.25, 0.3) is 5.91 Å². The molecule has 210 valence electrons. The van der Waals surface area contributed by atoms with Crippen LogP contribution in [0.25, 0.3) is 10.6 Å². The van der Waals surface area contributed by atoms with Gasteiger partial charge in [-0.2, -0.15) is 17.6 Å². The number of piperidine rings is 1. The number of hydrogen-bond donors (Lipinski definition) is 1. The molecule has 13 heteroatoms. The molecule has 1 aliphatic carbocycles. The Morgan fingerprint density at radius 1 is 1.12 bits per heavy atom. The highest BCUT2D eigenvalue weighted by molar-refractivity contribution is 9.10. The fourth-order valence-electron chi connectivity index (χ4n) is 4.99. The van der Waals surface area contributed by atoms with Gasteiger partial charge in [0, 0.05) is 34.4 Å². The highest BCUT2D eigenvalue weighted by atomic mass is 79.9. The third-order valence-corrected chi connectivity index (χ3v) is 8.62. The molecule has 1 amide bonds. The number of carbonyl (C=O) groups excluding carboxylic acids is 1. The summed E-state index contributed by atoms with van der Waals surface area (Å²) in [6.45, 7) is 0.937. The van der Waals surface area contributed by atoms with Crippen molar-refractivity contribution >= 4 is 44.7 Å². The van der Waals surface area contributed by atoms with Crippen LogP contribution in [0.15, 0.2) is 45.9 Å². The molecule has 0 atom stereocenters. The summed E-state index contributed by atoms with van der Waals surface area (Å²) in [6, 6.07) is 7.74. The summed E-state index contributed by atoms with van der Waals surface area (Å²) in [4.78, 5) is 23.9. The van der Waals surface area contributed by atoms with Crippen LogP contribution in [0.3, 0.4) is 0 Å². The average molecular weight is 641 g/mol. The average Bonchev–Trinajstić information content (AvgIpc) is 3.55. The van der Waals surface area contributed by atoms with Crippen molar-refractivity contribution in [3.63, 3.8) is 0 Å². The van der Waals surface area contributed by atoms with Gasteiger partial charge in [-0.1, -0.05) is 15.9 Å². The lowest BCUT2D eigenvalue weighted by atomic mass is 9.87. The maximum atomic E-state index is 14.9. The summed E-state index contributed by atoms with van der Waals surface area (Å²) < 4.78 is 75.3. The first kappa shape index (κ1) is 27.3. The monoisotopic (exact) mass is 640 g/mol. The summed E-state index contributed by atoms with van der Waals surface area (Å²) in [7, 11) is 0. The van der Waals surface area contributed by atoms with Gasteiger partial charge in [0.05, 0.1) is 23.3 Å². The fourth-order valence-corrected chi connectivity index (χ4v) is 6.14. The molecule has 4 heterocycles. The number of thiophene rings is 1. The van der Waals surface area contributed by atoms with Crippen LogP contribution in [0.2, 0.25) is 0 Å². The largest absolute Gasteiger partial charge is 0.433 e. The van der Waals surface area contributed by atoms with Gasteiger partial charge in [0.1, 0.15) is 22.9 Å². The molecular formula is C27H22BrF5N4O2S. The minimum atomic E-state index is -4.70. The van der Waals surface area contributed by atoms with Gasteiger partial charge >= 0.3 is 6.18 Å². The molecule has 1 aromatic carbocycles. The van der Waals surface area contributed by atoms with Crippen LogP contribution in [0.4, 0.5) is 27.6 Å². The third kappa shape index (κ3) is 5.26. The maximum Gasteiger partial charge on any atom is 0.433 e. The van der Waals surface area contributed by atoms with Crippen molar-refractivity contribution in [2.45, 2.75) is 50.1 Å². The van der Waals surface area contributed by atoms with E-state index in [9.17, 15) is 26.7 Å². The van der Waals surface area contributed by atoms with Crippen LogP contribution in [0.1, 0.15) is 42.5 Å². The van der Waals surface area contributed by atoms with Crippen LogP contribution >= 0.6 is 27.3 Å². The van der Waals surface area contributed by atoms with Crippen molar-refractivity contribution in [1.82, 2.24) is 10.3 Å². The first-order valence-corrected chi connectivity index (χ1v) is 14.2. The second-order valence-corrected chi connectivity index (χ2v) is 12.0. The Labute approximate surface area is 238 Å². The van der Waals surface area contributed by atoms with Crippen LogP contribution in [-0.2, 0) is 22.3 Å². The number of hydrogen-bond acceptors (Lipinski definition) is 6. The number of amides is 1. The van der Waals surface area contributed by atoms with E-state index in [0.717, 1.165) is 25.0 Å². The highest BCUT2D eigenvalue weighted by Crippen LogP contribution is 2.39. The Kier molecular flexibility index (Phi) is 6.94. The number of amidine groups is 1. The van der Waals surface area contributed by atoms with Gasteiger partial charge in [-0.3, -0.25) is 9.79 Å². The molecule has 0 unspecified atom stereocenters. The van der Waals surface area contributed by atoms with E-state index < -0.39 is 22.5 Å². The molecule has 1 N–H and O–H groups in total. The number of aliphatic imine (C=N–C) groups is 1. The molecule has 1 spiro atoms. The Balaban J connectivity index is 1.28. The number of nitrogens with one attached hydrogen (secondary N) is 1. The van der Waals surface area contributed by atoms with E-state index >= 15 is 0 Å². The van der Waals surface area contributed by atoms with E-state index in [4.69, 9.17) is 4.74 Å². The molecular weight excluding hydrogens is 619 g/mol. The number of rotatable bonds is 6. The number of halogens is 6. The lowest BCUT2D eigenvalue weighted by molar-refractivity contribution is -0.141. The molecule has 2 aliphatic heterocycles. The van der Waals surface area contributed by atoms with Gasteiger partial charge in [-0.05, 0) is 62.1 Å². The second-order valence-electron chi connectivity index (χ2n) is 10.0. The highest BCUT2D eigenvalue weighted by Gasteiger charge is 2.47. The van der Waals surface area contributed by atoms with E-state index in [1.165, 1.54) is 18.2 Å². The maximum absolute atomic E-state index is 14.9. The fraction of sp³-hybridized carbons (Fsp3) is 0.370. The number of nitrogens with zero attached hydrogens (tertiary/aromatic N) is 3. The van der Waals surface area contributed by atoms with Gasteiger partial charge in [0.2, 0.25) is 0 Å². The minimum absolute atomic E-state index is 0.0931. The Hall–Kier alpha value is -2.90. The number of alkyl halides is 3. The third-order valence-electron chi connectivity index (χ3n) is 7.28. The Morgan fingerprint density at radius 2 is 1.88 bits per heavy atom. The summed E-state index contributed by atoms with van der Waals surface area (Å²) in [5.74, 6) is -0.657. The van der Waals surface area contributed by atoms with Crippen molar-refractivity contribution in [2.24, 2.45) is 4.99 Å². The van der Waals surface area contributed by atoms with E-state index in [2.05, 4.69) is 31.2 Å². The molecule has 40 heavy (non-hydrogen) atoms. The van der Waals surface area contributed by atoms with Crippen molar-refractivity contribution in [2.75, 3.05) is 18.0 Å². The number of aromatic nitrogens is 1. The molecule has 1 saturated carbocycles. The zero-order valence-corrected chi connectivity index (χ0v) is 23.2. The molecule has 1 saturated heterocycles. The van der Waals surface area contributed by atoms with E-state index in [-0.39, 0.29) is 46.4 Å². The standard InChI is InChI=1S/C27H22BrF5N4O2S/c28-14-11-18(29)17(13-39-15-1-2-15)19(12-14)37-9-7-26(8-10-37)25(38)35-24(36-26)16-3-5-21(27(31,32)33)34-23(16)20-4-6-22(30)40-20/h3-6,11-12,15H,1-2,7-10,13H2,(H,35,36,38). The number of benzene rings is 1. The van der Waals surface area contributed by atoms with Crippen LogP contribution in [-0.4, -0.2) is 41.5 Å². The zero-order chi connectivity index (χ0) is 28.2. The smallest absolute Gasteiger partial charge is 0.373 e. The zero-order valence-electron chi connectivity index (χ0n) is 20.8. The van der Waals surface area contributed by atoms with Crippen LogP contribution in [0, 0.1) is 10.9 Å². The van der Waals surface area contributed by atoms with E-state index in [1.54, 1.807) is 0 Å². The predicted octanol–water partition coefficient (Wildman–Crippen LogP) is 6.46. The molecule has 0 radical (unpaired) electrons. The number of pyridine rings is 1. The quantitative estimate of drug-likeness (QED) is 0.314. The normalized spacial score (nSPS) is 18.8. The SMILES string of the molecule is O=C1NC(c2ccc(C(F)(F)F)nc2-c2ccc(F)s2)=NC12CCN(c1cc(Br)cc(F)c1COC1CC1)CC2. The molecule has 6 rings (SSSR count). The van der Waals surface area contributed by atoms with Crippen molar-refractivity contribution in [1.29, 1.82) is 0 Å². The van der Waals surface area contributed by atoms with Gasteiger partial charge in [-0.15, -0.1) is 11.3 Å². The van der Waals surface area contributed by atoms with Gasteiger partial charge in [-0.25, -0.2) is 9.37 Å². The van der Waals surface area contributed by atoms with Crippen molar-refractivity contribution in [3.05, 3.63) is 68.6 Å². The molecule has 2 aromatic heterocycles. The van der Waals surface area contributed by atoms with Gasteiger partial charge < -0.3 is 15.0 Å². The van der Waals surface area contributed by atoms with Crippen molar-refractivity contribution < 1.29 is 31.5 Å². The predicted molar refractivity (Wildman–Crippen MR) is 143 cm³/mol. The number of anilines is 1. The van der Waals surface area contributed by atoms with E-state index in [0.29, 0.717) is 53.0 Å². The first-order chi connectivity index (χ1) is 19.0. The molecule has 2 fully saturated rings. The van der Waals surface area contributed by atoms with Crippen LogP contribution < -0.4 is 10.2 Å². The summed E-state index contributed by atoms with van der Waals surface area (Å²) in [5, 5.41) is 2.15.